The minimum Gasteiger partial charge on any atom is -0.466 e. The van der Waals surface area contributed by atoms with E-state index in [4.69, 9.17) is 4.74 Å². The molecule has 4 aromatic rings. The van der Waals surface area contributed by atoms with Crippen molar-refractivity contribution in [2.75, 3.05) is 6.61 Å². The maximum Gasteiger partial charge on any atom is 0.308 e. The molecule has 3 aromatic carbocycles. The van der Waals surface area contributed by atoms with Crippen molar-refractivity contribution < 1.29 is 14.6 Å². The molecule has 0 fully saturated rings. The molecule has 0 aliphatic carbocycles. The van der Waals surface area contributed by atoms with Crippen molar-refractivity contribution in [3.05, 3.63) is 126 Å². The van der Waals surface area contributed by atoms with Gasteiger partial charge in [-0.3, -0.25) is 4.79 Å². The van der Waals surface area contributed by atoms with Gasteiger partial charge in [-0.25, -0.2) is 4.98 Å². The Labute approximate surface area is 232 Å². The molecule has 0 saturated carbocycles. The highest BCUT2D eigenvalue weighted by atomic mass is 16.5. The minimum absolute atomic E-state index is 0.139. The van der Waals surface area contributed by atoms with Crippen molar-refractivity contribution in [2.24, 2.45) is 0 Å². The van der Waals surface area contributed by atoms with E-state index >= 15 is 0 Å². The average Bonchev–Trinajstić information content (AvgIpc) is 3.42. The first-order valence-electron chi connectivity index (χ1n) is 13.6. The number of nitrogens with one attached hydrogen (secondary N) is 1. The molecule has 0 saturated heterocycles. The van der Waals surface area contributed by atoms with E-state index in [0.29, 0.717) is 17.8 Å². The van der Waals surface area contributed by atoms with Crippen LogP contribution in [0.2, 0.25) is 0 Å². The topological polar surface area (TPSA) is 76.4 Å². The zero-order valence-corrected chi connectivity index (χ0v) is 23.6. The summed E-state index contributed by atoms with van der Waals surface area (Å²) in [5.41, 5.74) is 2.88. The fourth-order valence-corrected chi connectivity index (χ4v) is 4.83. The number of benzene rings is 3. The van der Waals surface area contributed by atoms with Crippen LogP contribution in [0.3, 0.4) is 0 Å². The number of aliphatic hydroxyl groups excluding tert-OH is 1. The highest BCUT2D eigenvalue weighted by Crippen LogP contribution is 2.41. The normalized spacial score (nSPS) is 12.1. The Balaban J connectivity index is 0.000000532. The SMILES string of the molecule is CC(C)NC(C)C.CCOC(=O)CC(O)c1cn(C(c2ccccc2)(c2ccccc2)c2ccccc2)cn1. The van der Waals surface area contributed by atoms with E-state index in [2.05, 4.69) is 74.4 Å². The summed E-state index contributed by atoms with van der Waals surface area (Å²) < 4.78 is 6.99. The molecule has 2 N–H and O–H groups in total. The number of hydrogen-bond donors (Lipinski definition) is 2. The quantitative estimate of drug-likeness (QED) is 0.192. The van der Waals surface area contributed by atoms with Crippen molar-refractivity contribution in [3.8, 4) is 0 Å². The van der Waals surface area contributed by atoms with E-state index in [9.17, 15) is 9.90 Å². The van der Waals surface area contributed by atoms with Crippen molar-refractivity contribution in [1.29, 1.82) is 0 Å². The van der Waals surface area contributed by atoms with Crippen molar-refractivity contribution in [3.63, 3.8) is 0 Å². The summed E-state index contributed by atoms with van der Waals surface area (Å²) in [6, 6.07) is 31.9. The van der Waals surface area contributed by atoms with Crippen LogP contribution in [0.1, 0.15) is 69.5 Å². The molecule has 4 rings (SSSR count). The summed E-state index contributed by atoms with van der Waals surface area (Å²) in [4.78, 5) is 16.4. The number of nitrogens with zero attached hydrogens (tertiary/aromatic N) is 2. The second kappa shape index (κ2) is 14.4. The Bertz CT molecular complexity index is 1150. The summed E-state index contributed by atoms with van der Waals surface area (Å²) >= 11 is 0. The molecular weight excluding hydrogens is 486 g/mol. The van der Waals surface area contributed by atoms with Crippen LogP contribution in [0.25, 0.3) is 0 Å². The third-order valence-electron chi connectivity index (χ3n) is 6.24. The highest BCUT2D eigenvalue weighted by molar-refractivity contribution is 5.70. The number of aromatic nitrogens is 2. The fourth-order valence-electron chi connectivity index (χ4n) is 4.83. The molecule has 0 amide bonds. The molecular formula is C33H41N3O3. The minimum atomic E-state index is -1.05. The van der Waals surface area contributed by atoms with Crippen molar-refractivity contribution in [2.45, 2.75) is 64.8 Å². The van der Waals surface area contributed by atoms with E-state index in [0.717, 1.165) is 16.7 Å². The number of esters is 1. The Kier molecular flexibility index (Phi) is 11.0. The maximum atomic E-state index is 11.9. The maximum absolute atomic E-state index is 11.9. The Morgan fingerprint density at radius 1 is 0.846 bits per heavy atom. The molecule has 6 nitrogen and oxygen atoms in total. The van der Waals surface area contributed by atoms with Gasteiger partial charge >= 0.3 is 5.97 Å². The molecule has 0 aliphatic rings. The Morgan fingerprint density at radius 2 is 1.28 bits per heavy atom. The van der Waals surface area contributed by atoms with Gasteiger partial charge < -0.3 is 19.7 Å². The molecule has 6 heteroatoms. The predicted molar refractivity (Wildman–Crippen MR) is 156 cm³/mol. The fraction of sp³-hybridized carbons (Fsp3) is 0.333. The molecule has 1 heterocycles. The Morgan fingerprint density at radius 3 is 1.64 bits per heavy atom. The third-order valence-corrected chi connectivity index (χ3v) is 6.24. The molecule has 1 aromatic heterocycles. The summed E-state index contributed by atoms with van der Waals surface area (Å²) in [7, 11) is 0. The van der Waals surface area contributed by atoms with Crippen LogP contribution >= 0.6 is 0 Å². The molecule has 0 aliphatic heterocycles. The Hall–Kier alpha value is -3.74. The summed E-state index contributed by atoms with van der Waals surface area (Å²) in [5, 5.41) is 13.9. The second-order valence-corrected chi connectivity index (χ2v) is 10.0. The molecule has 0 radical (unpaired) electrons. The highest BCUT2D eigenvalue weighted by Gasteiger charge is 2.38. The lowest BCUT2D eigenvalue weighted by Gasteiger charge is -2.37. The van der Waals surface area contributed by atoms with Gasteiger partial charge in [0.2, 0.25) is 0 Å². The van der Waals surface area contributed by atoms with E-state index in [1.165, 1.54) is 0 Å². The van der Waals surface area contributed by atoms with Crippen LogP contribution in [0.4, 0.5) is 0 Å². The van der Waals surface area contributed by atoms with Gasteiger partial charge in [0.15, 0.2) is 0 Å². The monoisotopic (exact) mass is 527 g/mol. The van der Waals surface area contributed by atoms with Crippen molar-refractivity contribution in [1.82, 2.24) is 14.9 Å². The molecule has 0 spiro atoms. The van der Waals surface area contributed by atoms with Crippen LogP contribution < -0.4 is 5.32 Å². The second-order valence-electron chi connectivity index (χ2n) is 10.0. The first-order valence-corrected chi connectivity index (χ1v) is 13.6. The number of rotatable bonds is 10. The molecule has 206 valence electrons. The van der Waals surface area contributed by atoms with E-state index < -0.39 is 17.6 Å². The number of carbonyl (C=O) groups is 1. The van der Waals surface area contributed by atoms with Crippen LogP contribution in [0.15, 0.2) is 104 Å². The number of ether oxygens (including phenoxy) is 1. The zero-order chi connectivity index (χ0) is 28.3. The first kappa shape index (κ1) is 29.8. The van der Waals surface area contributed by atoms with Gasteiger partial charge in [-0.1, -0.05) is 119 Å². The van der Waals surface area contributed by atoms with Gasteiger partial charge in [-0.2, -0.15) is 0 Å². The molecule has 0 bridgehead atoms. The largest absolute Gasteiger partial charge is 0.466 e. The summed E-state index contributed by atoms with van der Waals surface area (Å²) in [5.74, 6) is -0.449. The average molecular weight is 528 g/mol. The lowest BCUT2D eigenvalue weighted by atomic mass is 9.77. The van der Waals surface area contributed by atoms with E-state index in [1.54, 1.807) is 13.3 Å². The lowest BCUT2D eigenvalue weighted by Crippen LogP contribution is -2.37. The van der Waals surface area contributed by atoms with E-state index in [-0.39, 0.29) is 13.0 Å². The first-order chi connectivity index (χ1) is 18.8. The van der Waals surface area contributed by atoms with Gasteiger partial charge in [-0.05, 0) is 23.6 Å². The molecule has 1 unspecified atom stereocenters. The van der Waals surface area contributed by atoms with Crippen LogP contribution in [0.5, 0.6) is 0 Å². The molecule has 1 atom stereocenters. The number of imidazole rings is 1. The van der Waals surface area contributed by atoms with Gasteiger partial charge in [-0.15, -0.1) is 0 Å². The van der Waals surface area contributed by atoms with Gasteiger partial charge in [0.1, 0.15) is 11.6 Å². The van der Waals surface area contributed by atoms with Crippen LogP contribution in [-0.2, 0) is 15.1 Å². The van der Waals surface area contributed by atoms with Crippen molar-refractivity contribution >= 4 is 5.97 Å². The standard InChI is InChI=1S/C27H26N2O3.C6H15N/c1-2-32-26(31)18-25(30)24-19-29(20-28-24)27(21-12-6-3-7-13-21,22-14-8-4-9-15-22)23-16-10-5-11-17-23;1-5(2)7-6(3)4/h3-17,19-20,25,30H,2,18H2,1H3;5-7H,1-4H3. The van der Waals surface area contributed by atoms with Crippen LogP contribution in [-0.4, -0.2) is 39.3 Å². The van der Waals surface area contributed by atoms with Gasteiger partial charge in [0, 0.05) is 18.3 Å². The predicted octanol–water partition coefficient (Wildman–Crippen LogP) is 6.10. The number of hydrogen-bond acceptors (Lipinski definition) is 5. The van der Waals surface area contributed by atoms with Crippen LogP contribution in [0, 0.1) is 0 Å². The smallest absolute Gasteiger partial charge is 0.308 e. The molecule has 39 heavy (non-hydrogen) atoms. The van der Waals surface area contributed by atoms with Gasteiger partial charge in [0.25, 0.3) is 0 Å². The zero-order valence-electron chi connectivity index (χ0n) is 23.6. The van der Waals surface area contributed by atoms with Gasteiger partial charge in [0.05, 0.1) is 25.0 Å². The third kappa shape index (κ3) is 7.65. The summed E-state index contributed by atoms with van der Waals surface area (Å²) in [6.07, 6.45) is 2.35. The number of aliphatic hydroxyl groups is 1. The van der Waals surface area contributed by atoms with E-state index in [1.807, 2.05) is 65.4 Å². The summed E-state index contributed by atoms with van der Waals surface area (Å²) in [6.45, 7) is 10.6. The number of carbonyl (C=O) groups excluding carboxylic acids is 1. The lowest BCUT2D eigenvalue weighted by molar-refractivity contribution is -0.145.